The summed E-state index contributed by atoms with van der Waals surface area (Å²) in [5.41, 5.74) is -1.39. The number of fused-ring (bicyclic) bond motifs is 5. The van der Waals surface area contributed by atoms with Crippen LogP contribution in [0.3, 0.4) is 0 Å². The summed E-state index contributed by atoms with van der Waals surface area (Å²) in [7, 11) is 0. The van der Waals surface area contributed by atoms with Gasteiger partial charge in [-0.1, -0.05) is 46.3 Å². The predicted molar refractivity (Wildman–Crippen MR) is 233 cm³/mol. The maximum atomic E-state index is 15.2. The number of hydrogen-bond acceptors (Lipinski definition) is 18. The highest BCUT2D eigenvalue weighted by atomic mass is 16.7. The standard InChI is InChI=1S/C48H80O18/c1-22(2)10-9-14-48(8,66-43-40(60)37(57)34(54)27(64-43)21-61-41-38(58)35(55)32(52)25(19-49)62-41)23-11-16-47(7)31(23)24(51)18-29-45(5)15-13-30(44(3,4)28(45)12-17-46(29,47)6)65-42-39(59)36(56)33(53)26(20-50)63-42/h10,23,25-43,49-50,52-60H,9,11-21H2,1-8H3/t23?,25-,26+,27-,28?,29?,30+,31?,32-,33+,34-,35+,36-,37+,38-,39+,40-,41-,42-,43+,45+,46-,47-,48+/m1/s1. The smallest absolute Gasteiger partial charge is 0.187 e. The Hall–Kier alpha value is -1.27. The molecule has 0 amide bonds. The van der Waals surface area contributed by atoms with Crippen LogP contribution in [0.5, 0.6) is 0 Å². The average Bonchev–Trinajstić information content (AvgIpc) is 3.65. The van der Waals surface area contributed by atoms with Crippen molar-refractivity contribution in [3.63, 3.8) is 0 Å². The second-order valence-electron chi connectivity index (χ2n) is 22.8. The molecule has 7 aliphatic rings. The van der Waals surface area contributed by atoms with Gasteiger partial charge in [-0.15, -0.1) is 0 Å². The highest BCUT2D eigenvalue weighted by molar-refractivity contribution is 5.84. The van der Waals surface area contributed by atoms with E-state index in [-0.39, 0.29) is 40.5 Å². The van der Waals surface area contributed by atoms with Gasteiger partial charge in [0, 0.05) is 12.3 Å². The van der Waals surface area contributed by atoms with Gasteiger partial charge in [0.2, 0.25) is 0 Å². The Morgan fingerprint density at radius 1 is 0.667 bits per heavy atom. The molecule has 3 saturated heterocycles. The zero-order valence-electron chi connectivity index (χ0n) is 39.9. The first-order chi connectivity index (χ1) is 30.8. The maximum Gasteiger partial charge on any atom is 0.187 e. The molecule has 24 atom stereocenters. The van der Waals surface area contributed by atoms with Crippen molar-refractivity contribution >= 4 is 5.78 Å². The van der Waals surface area contributed by atoms with Crippen molar-refractivity contribution in [2.45, 2.75) is 217 Å². The second kappa shape index (κ2) is 19.4. The number of allylic oxidation sites excluding steroid dienone is 2. The number of Topliss-reactive ketones (excluding diaryl/α,β-unsaturated/α-hetero) is 1. The van der Waals surface area contributed by atoms with Gasteiger partial charge in [-0.25, -0.2) is 0 Å². The van der Waals surface area contributed by atoms with Crippen LogP contribution < -0.4 is 0 Å². The van der Waals surface area contributed by atoms with Gasteiger partial charge in [0.25, 0.3) is 0 Å². The van der Waals surface area contributed by atoms with Crippen LogP contribution in [0.15, 0.2) is 11.6 Å². The Labute approximate surface area is 388 Å². The molecule has 7 fully saturated rings. The van der Waals surface area contributed by atoms with Gasteiger partial charge in [-0.3, -0.25) is 4.79 Å². The number of aliphatic hydroxyl groups is 11. The van der Waals surface area contributed by atoms with E-state index in [0.717, 1.165) is 31.3 Å². The van der Waals surface area contributed by atoms with E-state index in [9.17, 15) is 56.2 Å². The van der Waals surface area contributed by atoms with Crippen molar-refractivity contribution in [1.82, 2.24) is 0 Å². The number of aliphatic hydroxyl groups excluding tert-OH is 11. The van der Waals surface area contributed by atoms with Crippen LogP contribution >= 0.6 is 0 Å². The molecule has 4 unspecified atom stereocenters. The van der Waals surface area contributed by atoms with Crippen molar-refractivity contribution in [2.75, 3.05) is 19.8 Å². The first-order valence-corrected chi connectivity index (χ1v) is 24.2. The van der Waals surface area contributed by atoms with E-state index in [1.165, 1.54) is 0 Å². The quantitative estimate of drug-likeness (QED) is 0.0867. The molecule has 0 aromatic carbocycles. The molecular weight excluding hydrogens is 865 g/mol. The molecule has 0 spiro atoms. The molecular formula is C48H80O18. The second-order valence-corrected chi connectivity index (χ2v) is 22.8. The predicted octanol–water partition coefficient (Wildman–Crippen LogP) is 0.181. The van der Waals surface area contributed by atoms with Crippen LogP contribution in [0.4, 0.5) is 0 Å². The van der Waals surface area contributed by atoms with E-state index in [2.05, 4.69) is 40.7 Å². The SMILES string of the molecule is CC(C)=CCC[C@](C)(O[C@@H]1O[C@H](CO[C@@H]2O[C@H](CO)[C@@H](O)[C@H](O)[C@H]2O)[C@@H](O)[C@H](O)[C@H]1O)C1CC[C@]2(C)C1C(=O)CC1[C@@]3(C)CC[C@H](O[C@H]4O[C@@H](CO)[C@H](O)[C@@H](O)[C@@H]4O)C(C)(C)C3CC[C@]12C. The van der Waals surface area contributed by atoms with Gasteiger partial charge in [0.1, 0.15) is 79.0 Å². The first-order valence-electron chi connectivity index (χ1n) is 24.2. The average molecular weight is 945 g/mol. The lowest BCUT2D eigenvalue weighted by molar-refractivity contribution is -0.348. The number of rotatable bonds is 13. The highest BCUT2D eigenvalue weighted by Crippen LogP contribution is 2.75. The van der Waals surface area contributed by atoms with Crippen LogP contribution in [-0.2, 0) is 33.2 Å². The summed E-state index contributed by atoms with van der Waals surface area (Å²) in [5.74, 6) is -0.405. The van der Waals surface area contributed by atoms with Crippen molar-refractivity contribution in [1.29, 1.82) is 0 Å². The molecule has 4 aliphatic carbocycles. The van der Waals surface area contributed by atoms with Gasteiger partial charge in [-0.2, -0.15) is 0 Å². The van der Waals surface area contributed by atoms with E-state index in [4.69, 9.17) is 28.4 Å². The molecule has 7 rings (SSSR count). The van der Waals surface area contributed by atoms with Gasteiger partial charge in [-0.05, 0) is 112 Å². The molecule has 3 heterocycles. The van der Waals surface area contributed by atoms with Crippen LogP contribution in [0.1, 0.15) is 113 Å². The highest BCUT2D eigenvalue weighted by Gasteiger charge is 2.72. The Kier molecular flexibility index (Phi) is 15.4. The van der Waals surface area contributed by atoms with Gasteiger partial charge < -0.3 is 84.6 Å². The lowest BCUT2D eigenvalue weighted by atomic mass is 9.35. The maximum absolute atomic E-state index is 15.2. The fraction of sp³-hybridized carbons (Fsp3) is 0.938. The minimum absolute atomic E-state index is 0.0335. The number of hydrogen-bond donors (Lipinski definition) is 11. The summed E-state index contributed by atoms with van der Waals surface area (Å²) in [6.45, 7) is 15.5. The summed E-state index contributed by atoms with van der Waals surface area (Å²) in [4.78, 5) is 15.2. The van der Waals surface area contributed by atoms with Gasteiger partial charge in [0.05, 0.1) is 31.5 Å². The molecule has 380 valence electrons. The van der Waals surface area contributed by atoms with Crippen LogP contribution in [0.25, 0.3) is 0 Å². The van der Waals surface area contributed by atoms with Crippen molar-refractivity contribution < 1.29 is 89.4 Å². The lowest BCUT2D eigenvalue weighted by Gasteiger charge is -2.69. The fourth-order valence-electron chi connectivity index (χ4n) is 14.5. The summed E-state index contributed by atoms with van der Waals surface area (Å²) in [6.07, 6.45) is -15.0. The Morgan fingerprint density at radius 2 is 1.20 bits per heavy atom. The van der Waals surface area contributed by atoms with Crippen molar-refractivity contribution in [3.05, 3.63) is 11.6 Å². The topological polar surface area (TPSA) is 295 Å². The van der Waals surface area contributed by atoms with Gasteiger partial charge in [0.15, 0.2) is 18.9 Å². The largest absolute Gasteiger partial charge is 0.394 e. The summed E-state index contributed by atoms with van der Waals surface area (Å²) < 4.78 is 36.5. The fourth-order valence-corrected chi connectivity index (χ4v) is 14.5. The van der Waals surface area contributed by atoms with Crippen LogP contribution in [-0.4, -0.2) is 186 Å². The molecule has 4 saturated carbocycles. The summed E-state index contributed by atoms with van der Waals surface area (Å²) >= 11 is 0. The molecule has 3 aliphatic heterocycles. The van der Waals surface area contributed by atoms with Crippen molar-refractivity contribution in [3.8, 4) is 0 Å². The van der Waals surface area contributed by atoms with E-state index in [1.807, 2.05) is 20.8 Å². The molecule has 0 bridgehead atoms. The Morgan fingerprint density at radius 3 is 1.79 bits per heavy atom. The third-order valence-corrected chi connectivity index (χ3v) is 18.6. The first kappa shape index (κ1) is 52.6. The lowest BCUT2D eigenvalue weighted by Crippen LogP contribution is -2.67. The third-order valence-electron chi connectivity index (χ3n) is 18.6. The third kappa shape index (κ3) is 8.81. The number of carbonyl (C=O) groups is 1. The van der Waals surface area contributed by atoms with E-state index < -0.39 is 134 Å². The molecule has 18 nitrogen and oxygen atoms in total. The van der Waals surface area contributed by atoms with E-state index >= 15 is 4.79 Å². The number of ether oxygens (including phenoxy) is 6. The zero-order valence-corrected chi connectivity index (χ0v) is 39.9. The molecule has 66 heavy (non-hydrogen) atoms. The molecule has 18 heteroatoms. The molecule has 0 aromatic rings. The normalized spacial score (nSPS) is 51.3. The molecule has 0 aromatic heterocycles. The van der Waals surface area contributed by atoms with E-state index in [1.54, 1.807) is 0 Å². The summed E-state index contributed by atoms with van der Waals surface area (Å²) in [5, 5.41) is 116. The molecule has 11 N–H and O–H groups in total. The minimum atomic E-state index is -1.74. The Bertz CT molecular complexity index is 1720. The van der Waals surface area contributed by atoms with Crippen LogP contribution in [0, 0.1) is 45.3 Å². The van der Waals surface area contributed by atoms with Crippen molar-refractivity contribution in [2.24, 2.45) is 45.3 Å². The zero-order chi connectivity index (χ0) is 48.6. The Balaban J connectivity index is 1.11. The number of ketones is 1. The summed E-state index contributed by atoms with van der Waals surface area (Å²) in [6, 6.07) is 0. The molecule has 0 radical (unpaired) electrons. The monoisotopic (exact) mass is 945 g/mol. The minimum Gasteiger partial charge on any atom is -0.394 e. The van der Waals surface area contributed by atoms with E-state index in [0.29, 0.717) is 32.1 Å². The number of carbonyl (C=O) groups excluding carboxylic acids is 1. The van der Waals surface area contributed by atoms with Crippen LogP contribution in [0.2, 0.25) is 0 Å². The van der Waals surface area contributed by atoms with Gasteiger partial charge >= 0.3 is 0 Å².